The van der Waals surface area contributed by atoms with Gasteiger partial charge in [0.05, 0.1) is 25.5 Å². The van der Waals surface area contributed by atoms with E-state index in [2.05, 4.69) is 23.7 Å². The van der Waals surface area contributed by atoms with E-state index < -0.39 is 0 Å². The van der Waals surface area contributed by atoms with E-state index in [0.29, 0.717) is 11.6 Å². The van der Waals surface area contributed by atoms with E-state index in [1.165, 1.54) is 0 Å². The first kappa shape index (κ1) is 14.8. The number of benzene rings is 1. The van der Waals surface area contributed by atoms with Crippen LogP contribution in [0.5, 0.6) is 5.75 Å². The van der Waals surface area contributed by atoms with E-state index in [0.717, 1.165) is 24.5 Å². The van der Waals surface area contributed by atoms with Crippen molar-refractivity contribution in [2.24, 2.45) is 0 Å². The molecular weight excluding hydrogens is 278 g/mol. The highest BCUT2D eigenvalue weighted by Gasteiger charge is 2.26. The van der Waals surface area contributed by atoms with Crippen LogP contribution < -0.4 is 9.64 Å². The summed E-state index contributed by atoms with van der Waals surface area (Å²) in [6, 6.07) is 9.98. The fourth-order valence-electron chi connectivity index (χ4n) is 2.81. The van der Waals surface area contributed by atoms with Gasteiger partial charge in [-0.15, -0.1) is 0 Å². The van der Waals surface area contributed by atoms with Crippen LogP contribution in [-0.2, 0) is 4.74 Å². The van der Waals surface area contributed by atoms with Crippen molar-refractivity contribution in [1.29, 1.82) is 0 Å². The van der Waals surface area contributed by atoms with Crippen molar-refractivity contribution in [3.05, 3.63) is 36.5 Å². The number of hydrogen-bond acceptors (Lipinski definition) is 5. The van der Waals surface area contributed by atoms with Gasteiger partial charge in [-0.05, 0) is 13.8 Å². The third kappa shape index (κ3) is 3.04. The molecule has 3 rings (SSSR count). The molecule has 0 N–H and O–H groups in total. The molecule has 0 radical (unpaired) electrons. The van der Waals surface area contributed by atoms with Gasteiger partial charge in [0.25, 0.3) is 0 Å². The van der Waals surface area contributed by atoms with E-state index in [4.69, 9.17) is 14.5 Å². The van der Waals surface area contributed by atoms with Crippen LogP contribution >= 0.6 is 0 Å². The molecular formula is C17H21N3O2. The number of nitrogens with zero attached hydrogens (tertiary/aromatic N) is 3. The van der Waals surface area contributed by atoms with E-state index in [-0.39, 0.29) is 12.2 Å². The van der Waals surface area contributed by atoms with E-state index in [1.807, 2.05) is 30.3 Å². The summed E-state index contributed by atoms with van der Waals surface area (Å²) in [5, 5.41) is 0. The minimum absolute atomic E-state index is 0.170. The Bertz CT molecular complexity index is 623. The first-order valence-electron chi connectivity index (χ1n) is 7.54. The Morgan fingerprint density at radius 1 is 1.14 bits per heavy atom. The monoisotopic (exact) mass is 299 g/mol. The van der Waals surface area contributed by atoms with Crippen LogP contribution in [0.2, 0.25) is 0 Å². The standard InChI is InChI=1S/C17H21N3O2/c1-12-10-20(11-13(2)22-12)17-15(21-3)9-18-16(19-17)14-7-5-4-6-8-14/h4-9,12-13H,10-11H2,1-3H3. The van der Waals surface area contributed by atoms with Crippen LogP contribution in [0.1, 0.15) is 13.8 Å². The molecule has 2 aromatic rings. The van der Waals surface area contributed by atoms with Crippen molar-refractivity contribution in [3.8, 4) is 17.1 Å². The first-order valence-corrected chi connectivity index (χ1v) is 7.54. The second kappa shape index (κ2) is 6.32. The average molecular weight is 299 g/mol. The lowest BCUT2D eigenvalue weighted by molar-refractivity contribution is -0.00558. The molecule has 0 spiro atoms. The maximum Gasteiger partial charge on any atom is 0.179 e. The Morgan fingerprint density at radius 2 is 1.82 bits per heavy atom. The van der Waals surface area contributed by atoms with E-state index in [9.17, 15) is 0 Å². The average Bonchev–Trinajstić information content (AvgIpc) is 2.54. The van der Waals surface area contributed by atoms with Crippen molar-refractivity contribution >= 4 is 5.82 Å². The molecule has 1 aromatic carbocycles. The summed E-state index contributed by atoms with van der Waals surface area (Å²) in [5.41, 5.74) is 1.00. The zero-order chi connectivity index (χ0) is 15.5. The van der Waals surface area contributed by atoms with E-state index >= 15 is 0 Å². The van der Waals surface area contributed by atoms with Gasteiger partial charge in [0.2, 0.25) is 0 Å². The maximum absolute atomic E-state index is 5.80. The molecule has 2 unspecified atom stereocenters. The van der Waals surface area contributed by atoms with Crippen molar-refractivity contribution in [2.75, 3.05) is 25.1 Å². The Balaban J connectivity index is 1.98. The second-order valence-electron chi connectivity index (χ2n) is 5.61. The van der Waals surface area contributed by atoms with Crippen LogP contribution in [0.3, 0.4) is 0 Å². The van der Waals surface area contributed by atoms with Crippen LogP contribution in [0.4, 0.5) is 5.82 Å². The van der Waals surface area contributed by atoms with Crippen LogP contribution in [0.25, 0.3) is 11.4 Å². The predicted molar refractivity (Wildman–Crippen MR) is 86.2 cm³/mol. The van der Waals surface area contributed by atoms with Gasteiger partial charge in [-0.3, -0.25) is 0 Å². The van der Waals surface area contributed by atoms with Gasteiger partial charge in [-0.1, -0.05) is 30.3 Å². The molecule has 1 aliphatic rings. The Labute approximate surface area is 130 Å². The Morgan fingerprint density at radius 3 is 2.45 bits per heavy atom. The summed E-state index contributed by atoms with van der Waals surface area (Å²) in [6.07, 6.45) is 2.09. The number of hydrogen-bond donors (Lipinski definition) is 0. The third-order valence-corrected chi connectivity index (χ3v) is 3.71. The largest absolute Gasteiger partial charge is 0.491 e. The summed E-state index contributed by atoms with van der Waals surface area (Å²) >= 11 is 0. The highest BCUT2D eigenvalue weighted by Crippen LogP contribution is 2.30. The number of ether oxygens (including phenoxy) is 2. The molecule has 5 nitrogen and oxygen atoms in total. The summed E-state index contributed by atoms with van der Waals surface area (Å²) in [4.78, 5) is 11.4. The molecule has 0 saturated carbocycles. The van der Waals surface area contributed by atoms with Crippen molar-refractivity contribution < 1.29 is 9.47 Å². The number of anilines is 1. The molecule has 1 fully saturated rings. The fraction of sp³-hybridized carbons (Fsp3) is 0.412. The van der Waals surface area contributed by atoms with E-state index in [1.54, 1.807) is 13.3 Å². The quantitative estimate of drug-likeness (QED) is 0.872. The van der Waals surface area contributed by atoms with Gasteiger partial charge in [-0.25, -0.2) is 9.97 Å². The number of rotatable bonds is 3. The van der Waals surface area contributed by atoms with Gasteiger partial charge in [0.1, 0.15) is 0 Å². The molecule has 2 heterocycles. The summed E-state index contributed by atoms with van der Waals surface area (Å²) in [7, 11) is 1.65. The lowest BCUT2D eigenvalue weighted by Crippen LogP contribution is -2.46. The molecule has 1 aromatic heterocycles. The van der Waals surface area contributed by atoms with Crippen LogP contribution in [-0.4, -0.2) is 42.4 Å². The fourth-order valence-corrected chi connectivity index (χ4v) is 2.81. The van der Waals surface area contributed by atoms with Gasteiger partial charge >= 0.3 is 0 Å². The second-order valence-corrected chi connectivity index (χ2v) is 5.61. The Kier molecular flexibility index (Phi) is 4.24. The number of morpholine rings is 1. The smallest absolute Gasteiger partial charge is 0.179 e. The number of methoxy groups -OCH3 is 1. The lowest BCUT2D eigenvalue weighted by atomic mass is 10.2. The van der Waals surface area contributed by atoms with Crippen molar-refractivity contribution in [3.63, 3.8) is 0 Å². The highest BCUT2D eigenvalue weighted by molar-refractivity contribution is 5.61. The van der Waals surface area contributed by atoms with Gasteiger partial charge < -0.3 is 14.4 Å². The summed E-state index contributed by atoms with van der Waals surface area (Å²) in [5.74, 6) is 2.24. The molecule has 2 atom stereocenters. The SMILES string of the molecule is COc1cnc(-c2ccccc2)nc1N1CC(C)OC(C)C1. The predicted octanol–water partition coefficient (Wildman–Crippen LogP) is 2.77. The number of aromatic nitrogens is 2. The normalized spacial score (nSPS) is 21.7. The van der Waals surface area contributed by atoms with Gasteiger partial charge in [0, 0.05) is 18.7 Å². The summed E-state index contributed by atoms with van der Waals surface area (Å²) < 4.78 is 11.3. The Hall–Kier alpha value is -2.14. The molecule has 116 valence electrons. The van der Waals surface area contributed by atoms with Gasteiger partial charge in [-0.2, -0.15) is 0 Å². The molecule has 5 heteroatoms. The first-order chi connectivity index (χ1) is 10.7. The third-order valence-electron chi connectivity index (χ3n) is 3.71. The lowest BCUT2D eigenvalue weighted by Gasteiger charge is -2.36. The van der Waals surface area contributed by atoms with Crippen molar-refractivity contribution in [2.45, 2.75) is 26.1 Å². The van der Waals surface area contributed by atoms with Crippen LogP contribution in [0, 0.1) is 0 Å². The highest BCUT2D eigenvalue weighted by atomic mass is 16.5. The molecule has 0 amide bonds. The molecule has 22 heavy (non-hydrogen) atoms. The summed E-state index contributed by atoms with van der Waals surface area (Å²) in [6.45, 7) is 5.75. The topological polar surface area (TPSA) is 47.5 Å². The molecule has 1 aliphatic heterocycles. The minimum Gasteiger partial charge on any atom is -0.491 e. The molecule has 0 bridgehead atoms. The minimum atomic E-state index is 0.170. The maximum atomic E-state index is 5.80. The molecule has 1 saturated heterocycles. The van der Waals surface area contributed by atoms with Gasteiger partial charge in [0.15, 0.2) is 17.4 Å². The zero-order valence-electron chi connectivity index (χ0n) is 13.2. The van der Waals surface area contributed by atoms with Crippen LogP contribution in [0.15, 0.2) is 36.5 Å². The van der Waals surface area contributed by atoms with Crippen molar-refractivity contribution in [1.82, 2.24) is 9.97 Å². The molecule has 0 aliphatic carbocycles. The zero-order valence-corrected chi connectivity index (χ0v) is 13.2.